The molecule has 0 unspecified atom stereocenters. The number of aldehydes is 1. The minimum absolute atomic E-state index is 0.206. The normalized spacial score (nSPS) is 9.79. The van der Waals surface area contributed by atoms with E-state index in [1.54, 1.807) is 12.1 Å². The topological polar surface area (TPSA) is 61.8 Å². The molecule has 1 rings (SSSR count). The van der Waals surface area contributed by atoms with Crippen molar-refractivity contribution in [2.24, 2.45) is 0 Å². The van der Waals surface area contributed by atoms with Crippen LogP contribution in [-0.4, -0.2) is 32.6 Å². The Morgan fingerprint density at radius 3 is 2.74 bits per heavy atom. The Hall–Kier alpha value is -2.04. The van der Waals surface area contributed by atoms with E-state index < -0.39 is 5.97 Å². The summed E-state index contributed by atoms with van der Waals surface area (Å²) in [6.07, 6.45) is 2.49. The maximum Gasteiger partial charge on any atom is 0.344 e. The van der Waals surface area contributed by atoms with Crippen LogP contribution in [0.2, 0.25) is 0 Å². The van der Waals surface area contributed by atoms with Crippen LogP contribution in [0.3, 0.4) is 0 Å². The van der Waals surface area contributed by atoms with E-state index in [1.165, 1.54) is 13.2 Å². The number of hydrogen-bond acceptors (Lipinski definition) is 5. The van der Waals surface area contributed by atoms with Crippen molar-refractivity contribution in [3.63, 3.8) is 0 Å². The van der Waals surface area contributed by atoms with Gasteiger partial charge in [0.2, 0.25) is 0 Å². The molecule has 0 heterocycles. The van der Waals surface area contributed by atoms with Crippen LogP contribution in [0.1, 0.15) is 30.1 Å². The Labute approximate surface area is 112 Å². The Balaban J connectivity index is 2.55. The van der Waals surface area contributed by atoms with Gasteiger partial charge < -0.3 is 14.2 Å². The second-order valence-electron chi connectivity index (χ2n) is 3.89. The van der Waals surface area contributed by atoms with Gasteiger partial charge >= 0.3 is 5.97 Å². The highest BCUT2D eigenvalue weighted by Gasteiger charge is 2.09. The number of ether oxygens (including phenoxy) is 3. The first-order chi connectivity index (χ1) is 9.21. The first kappa shape index (κ1) is 15.0. The van der Waals surface area contributed by atoms with Crippen LogP contribution in [0.25, 0.3) is 0 Å². The number of methoxy groups -OCH3 is 1. The molecule has 5 nitrogen and oxygen atoms in total. The monoisotopic (exact) mass is 266 g/mol. The lowest BCUT2D eigenvalue weighted by Gasteiger charge is -2.10. The number of rotatable bonds is 8. The fraction of sp³-hybridized carbons (Fsp3) is 0.429. The summed E-state index contributed by atoms with van der Waals surface area (Å²) < 4.78 is 15.3. The number of carbonyl (C=O) groups excluding carboxylic acids is 2. The maximum absolute atomic E-state index is 11.4. The van der Waals surface area contributed by atoms with Gasteiger partial charge in [0.15, 0.2) is 18.1 Å². The van der Waals surface area contributed by atoms with E-state index in [1.807, 2.05) is 6.92 Å². The van der Waals surface area contributed by atoms with Gasteiger partial charge in [0, 0.05) is 5.56 Å². The SMILES string of the molecule is CCCCOC(=O)COc1cc(C=O)ccc1OC. The Morgan fingerprint density at radius 1 is 1.32 bits per heavy atom. The lowest BCUT2D eigenvalue weighted by molar-refractivity contribution is -0.146. The summed E-state index contributed by atoms with van der Waals surface area (Å²) >= 11 is 0. The van der Waals surface area contributed by atoms with E-state index in [0.29, 0.717) is 30.0 Å². The van der Waals surface area contributed by atoms with Crippen LogP contribution in [0, 0.1) is 0 Å². The molecule has 0 bridgehead atoms. The molecule has 0 spiro atoms. The molecule has 0 aliphatic heterocycles. The van der Waals surface area contributed by atoms with Gasteiger partial charge in [-0.05, 0) is 24.6 Å². The first-order valence-electron chi connectivity index (χ1n) is 6.13. The minimum atomic E-state index is -0.438. The Bertz CT molecular complexity index is 428. The largest absolute Gasteiger partial charge is 0.493 e. The third-order valence-corrected chi connectivity index (χ3v) is 2.43. The molecule has 0 aliphatic rings. The summed E-state index contributed by atoms with van der Waals surface area (Å²) in [4.78, 5) is 22.1. The molecule has 1 aromatic carbocycles. The molecule has 0 saturated heterocycles. The van der Waals surface area contributed by atoms with Crippen molar-refractivity contribution in [2.45, 2.75) is 19.8 Å². The fourth-order valence-electron chi connectivity index (χ4n) is 1.39. The number of esters is 1. The average Bonchev–Trinajstić information content (AvgIpc) is 2.45. The van der Waals surface area contributed by atoms with Crippen LogP contribution in [0.4, 0.5) is 0 Å². The molecule has 0 radical (unpaired) electrons. The number of unbranched alkanes of at least 4 members (excludes halogenated alkanes) is 1. The zero-order valence-corrected chi connectivity index (χ0v) is 11.2. The molecule has 0 N–H and O–H groups in total. The van der Waals surface area contributed by atoms with E-state index in [0.717, 1.165) is 12.8 Å². The molecular weight excluding hydrogens is 248 g/mol. The first-order valence-corrected chi connectivity index (χ1v) is 6.13. The van der Waals surface area contributed by atoms with Crippen molar-refractivity contribution in [2.75, 3.05) is 20.3 Å². The zero-order chi connectivity index (χ0) is 14.1. The maximum atomic E-state index is 11.4. The fourth-order valence-corrected chi connectivity index (χ4v) is 1.39. The highest BCUT2D eigenvalue weighted by Crippen LogP contribution is 2.27. The molecule has 1 aromatic rings. The summed E-state index contributed by atoms with van der Waals surface area (Å²) in [7, 11) is 1.49. The summed E-state index contributed by atoms with van der Waals surface area (Å²) in [6.45, 7) is 2.20. The van der Waals surface area contributed by atoms with Gasteiger partial charge in [-0.3, -0.25) is 4.79 Å². The van der Waals surface area contributed by atoms with Crippen LogP contribution in [0.15, 0.2) is 18.2 Å². The molecule has 0 aromatic heterocycles. The molecule has 104 valence electrons. The smallest absolute Gasteiger partial charge is 0.344 e. The molecule has 5 heteroatoms. The summed E-state index contributed by atoms with van der Waals surface area (Å²) in [5, 5.41) is 0. The number of benzene rings is 1. The molecule has 0 fully saturated rings. The van der Waals surface area contributed by atoms with Crippen molar-refractivity contribution in [1.29, 1.82) is 0 Å². The summed E-state index contributed by atoms with van der Waals surface area (Å²) in [6, 6.07) is 4.74. The quantitative estimate of drug-likeness (QED) is 0.410. The number of carbonyl (C=O) groups is 2. The highest BCUT2D eigenvalue weighted by atomic mass is 16.6. The van der Waals surface area contributed by atoms with E-state index in [4.69, 9.17) is 14.2 Å². The van der Waals surface area contributed by atoms with Gasteiger partial charge in [0.05, 0.1) is 13.7 Å². The van der Waals surface area contributed by atoms with Crippen LogP contribution >= 0.6 is 0 Å². The summed E-state index contributed by atoms with van der Waals surface area (Å²) in [5.41, 5.74) is 0.454. The van der Waals surface area contributed by atoms with Crippen molar-refractivity contribution in [3.05, 3.63) is 23.8 Å². The lowest BCUT2D eigenvalue weighted by atomic mass is 10.2. The molecule has 0 amide bonds. The van der Waals surface area contributed by atoms with E-state index in [-0.39, 0.29) is 6.61 Å². The van der Waals surface area contributed by atoms with Gasteiger partial charge in [-0.25, -0.2) is 4.79 Å². The number of hydrogen-bond donors (Lipinski definition) is 0. The van der Waals surface area contributed by atoms with Gasteiger partial charge in [-0.15, -0.1) is 0 Å². The van der Waals surface area contributed by atoms with Gasteiger partial charge in [-0.1, -0.05) is 13.3 Å². The Kier molecular flexibility index (Phi) is 6.43. The van der Waals surface area contributed by atoms with Gasteiger partial charge in [0.25, 0.3) is 0 Å². The lowest BCUT2D eigenvalue weighted by Crippen LogP contribution is -2.15. The molecule has 19 heavy (non-hydrogen) atoms. The second-order valence-corrected chi connectivity index (χ2v) is 3.89. The second kappa shape index (κ2) is 8.13. The van der Waals surface area contributed by atoms with Crippen molar-refractivity contribution in [3.8, 4) is 11.5 Å². The average molecular weight is 266 g/mol. The molecule has 0 atom stereocenters. The van der Waals surface area contributed by atoms with Crippen LogP contribution < -0.4 is 9.47 Å². The third-order valence-electron chi connectivity index (χ3n) is 2.43. The van der Waals surface area contributed by atoms with Gasteiger partial charge in [-0.2, -0.15) is 0 Å². The molecular formula is C14H18O5. The highest BCUT2D eigenvalue weighted by molar-refractivity contribution is 5.76. The van der Waals surface area contributed by atoms with Gasteiger partial charge in [0.1, 0.15) is 6.29 Å². The Morgan fingerprint density at radius 2 is 2.11 bits per heavy atom. The summed E-state index contributed by atoms with van der Waals surface area (Å²) in [5.74, 6) is 0.374. The molecule has 0 aliphatic carbocycles. The molecule has 0 saturated carbocycles. The minimum Gasteiger partial charge on any atom is -0.493 e. The predicted octanol–water partition coefficient (Wildman–Crippen LogP) is 2.23. The van der Waals surface area contributed by atoms with Crippen LogP contribution in [-0.2, 0) is 9.53 Å². The predicted molar refractivity (Wildman–Crippen MR) is 69.7 cm³/mol. The van der Waals surface area contributed by atoms with E-state index in [2.05, 4.69) is 0 Å². The van der Waals surface area contributed by atoms with E-state index >= 15 is 0 Å². The standard InChI is InChI=1S/C14H18O5/c1-3-4-7-18-14(16)10-19-13-8-11(9-15)5-6-12(13)17-2/h5-6,8-9H,3-4,7,10H2,1-2H3. The third kappa shape index (κ3) is 4.99. The van der Waals surface area contributed by atoms with E-state index in [9.17, 15) is 9.59 Å². The zero-order valence-electron chi connectivity index (χ0n) is 11.2. The van der Waals surface area contributed by atoms with Crippen molar-refractivity contribution in [1.82, 2.24) is 0 Å². The van der Waals surface area contributed by atoms with Crippen LogP contribution in [0.5, 0.6) is 11.5 Å². The van der Waals surface area contributed by atoms with Crippen molar-refractivity contribution >= 4 is 12.3 Å². The van der Waals surface area contributed by atoms with Crippen molar-refractivity contribution < 1.29 is 23.8 Å².